The van der Waals surface area contributed by atoms with Crippen molar-refractivity contribution < 1.29 is 9.18 Å². The molecule has 1 amide bonds. The van der Waals surface area contributed by atoms with Gasteiger partial charge in [-0.3, -0.25) is 4.79 Å². The van der Waals surface area contributed by atoms with E-state index in [4.69, 9.17) is 11.6 Å². The van der Waals surface area contributed by atoms with E-state index in [0.717, 1.165) is 12.8 Å². The number of hydrogen-bond acceptors (Lipinski definition) is 2. The van der Waals surface area contributed by atoms with Crippen LogP contribution >= 0.6 is 24.0 Å². The Balaban J connectivity index is 0.00000176. The highest BCUT2D eigenvalue weighted by molar-refractivity contribution is 6.30. The van der Waals surface area contributed by atoms with E-state index in [-0.39, 0.29) is 35.9 Å². The predicted molar refractivity (Wildman–Crippen MR) is 87.8 cm³/mol. The highest BCUT2D eigenvalue weighted by Crippen LogP contribution is 2.33. The van der Waals surface area contributed by atoms with E-state index >= 15 is 0 Å². The van der Waals surface area contributed by atoms with Gasteiger partial charge in [0.1, 0.15) is 5.82 Å². The predicted octanol–water partition coefficient (Wildman–Crippen LogP) is 3.44. The lowest BCUT2D eigenvalue weighted by Gasteiger charge is -2.24. The summed E-state index contributed by atoms with van der Waals surface area (Å²) in [4.78, 5) is 12.2. The van der Waals surface area contributed by atoms with Gasteiger partial charge in [0.15, 0.2) is 0 Å². The van der Waals surface area contributed by atoms with Crippen molar-refractivity contribution in [3.63, 3.8) is 0 Å². The average molecular weight is 347 g/mol. The molecule has 1 aromatic rings. The van der Waals surface area contributed by atoms with Crippen molar-refractivity contribution in [2.75, 3.05) is 0 Å². The van der Waals surface area contributed by atoms with E-state index in [2.05, 4.69) is 10.6 Å². The average Bonchev–Trinajstić information content (AvgIpc) is 2.92. The second-order valence-electron chi connectivity index (χ2n) is 6.04. The Bertz CT molecular complexity index is 527. The van der Waals surface area contributed by atoms with Crippen LogP contribution in [0.1, 0.15) is 37.7 Å². The summed E-state index contributed by atoms with van der Waals surface area (Å²) in [5.41, 5.74) is 0.422. The molecule has 1 aromatic carbocycles. The third kappa shape index (κ3) is 3.73. The molecule has 2 fully saturated rings. The number of nitrogens with one attached hydrogen (secondary N) is 2. The van der Waals surface area contributed by atoms with Gasteiger partial charge in [-0.25, -0.2) is 4.39 Å². The molecule has 3 rings (SSSR count). The first kappa shape index (κ1) is 17.5. The molecule has 2 N–H and O–H groups in total. The number of amides is 1. The van der Waals surface area contributed by atoms with Gasteiger partial charge in [0.05, 0.1) is 11.1 Å². The van der Waals surface area contributed by atoms with Crippen molar-refractivity contribution >= 4 is 29.9 Å². The molecule has 3 nitrogen and oxygen atoms in total. The van der Waals surface area contributed by atoms with E-state index in [1.54, 1.807) is 12.1 Å². The fourth-order valence-electron chi connectivity index (χ4n) is 3.51. The van der Waals surface area contributed by atoms with Crippen LogP contribution in [-0.2, 0) is 11.3 Å². The van der Waals surface area contributed by atoms with Gasteiger partial charge in [-0.15, -0.1) is 12.4 Å². The molecular weight excluding hydrogens is 326 g/mol. The molecule has 22 heavy (non-hydrogen) atoms. The molecule has 3 atom stereocenters. The monoisotopic (exact) mass is 346 g/mol. The molecule has 6 heteroatoms. The molecule has 2 aliphatic rings. The molecule has 122 valence electrons. The molecule has 1 saturated heterocycles. The highest BCUT2D eigenvalue weighted by Gasteiger charge is 2.38. The molecule has 1 aliphatic heterocycles. The lowest BCUT2D eigenvalue weighted by atomic mass is 9.85. The second-order valence-corrected chi connectivity index (χ2v) is 6.44. The normalized spacial score (nSPS) is 26.9. The SMILES string of the molecule is Cl.O=C(NCc1cccc(Cl)c1F)[C@@H]1C[C@@H]2CCCC[C@@H]2N1. The summed E-state index contributed by atoms with van der Waals surface area (Å²) in [7, 11) is 0. The number of carbonyl (C=O) groups is 1. The van der Waals surface area contributed by atoms with Gasteiger partial charge < -0.3 is 10.6 Å². The molecular formula is C16H21Cl2FN2O. The van der Waals surface area contributed by atoms with E-state index in [0.29, 0.717) is 17.5 Å². The quantitative estimate of drug-likeness (QED) is 0.880. The Kier molecular flexibility index (Phi) is 6.07. The van der Waals surface area contributed by atoms with Crippen molar-refractivity contribution in [1.29, 1.82) is 0 Å². The first-order chi connectivity index (χ1) is 10.1. The van der Waals surface area contributed by atoms with Crippen LogP contribution in [0.3, 0.4) is 0 Å². The Morgan fingerprint density at radius 2 is 2.14 bits per heavy atom. The van der Waals surface area contributed by atoms with Crippen LogP contribution in [0.15, 0.2) is 18.2 Å². The van der Waals surface area contributed by atoms with Crippen LogP contribution in [0.2, 0.25) is 5.02 Å². The fraction of sp³-hybridized carbons (Fsp3) is 0.562. The Hall–Kier alpha value is -0.840. The molecule has 0 bridgehead atoms. The van der Waals surface area contributed by atoms with Crippen LogP contribution in [-0.4, -0.2) is 18.0 Å². The fourth-order valence-corrected chi connectivity index (χ4v) is 3.71. The van der Waals surface area contributed by atoms with Crippen molar-refractivity contribution in [3.8, 4) is 0 Å². The summed E-state index contributed by atoms with van der Waals surface area (Å²) in [6.07, 6.45) is 5.79. The lowest BCUT2D eigenvalue weighted by molar-refractivity contribution is -0.123. The Labute approximate surface area is 141 Å². The van der Waals surface area contributed by atoms with Gasteiger partial charge in [0.25, 0.3) is 0 Å². The lowest BCUT2D eigenvalue weighted by Crippen LogP contribution is -2.43. The third-order valence-corrected chi connectivity index (χ3v) is 4.96. The van der Waals surface area contributed by atoms with Gasteiger partial charge in [-0.2, -0.15) is 0 Å². The summed E-state index contributed by atoms with van der Waals surface area (Å²) < 4.78 is 13.8. The summed E-state index contributed by atoms with van der Waals surface area (Å²) in [5, 5.41) is 6.33. The minimum absolute atomic E-state index is 0. The van der Waals surface area contributed by atoms with Crippen molar-refractivity contribution in [2.24, 2.45) is 5.92 Å². The van der Waals surface area contributed by atoms with Gasteiger partial charge in [0, 0.05) is 18.2 Å². The minimum Gasteiger partial charge on any atom is -0.351 e. The number of benzene rings is 1. The number of rotatable bonds is 3. The summed E-state index contributed by atoms with van der Waals surface area (Å²) >= 11 is 5.74. The Morgan fingerprint density at radius 3 is 2.91 bits per heavy atom. The zero-order valence-electron chi connectivity index (χ0n) is 12.3. The molecule has 1 saturated carbocycles. The maximum atomic E-state index is 13.8. The van der Waals surface area contributed by atoms with E-state index in [1.165, 1.54) is 25.3 Å². The van der Waals surface area contributed by atoms with Crippen LogP contribution in [0, 0.1) is 11.7 Å². The minimum atomic E-state index is -0.451. The Morgan fingerprint density at radius 1 is 1.36 bits per heavy atom. The summed E-state index contributed by atoms with van der Waals surface area (Å²) in [5.74, 6) is 0.133. The van der Waals surface area contributed by atoms with Gasteiger partial charge in [-0.05, 0) is 31.2 Å². The van der Waals surface area contributed by atoms with Crippen LogP contribution < -0.4 is 10.6 Å². The zero-order valence-corrected chi connectivity index (χ0v) is 13.9. The van der Waals surface area contributed by atoms with E-state index in [1.807, 2.05) is 0 Å². The maximum absolute atomic E-state index is 13.8. The van der Waals surface area contributed by atoms with Crippen molar-refractivity contribution in [1.82, 2.24) is 10.6 Å². The van der Waals surface area contributed by atoms with Gasteiger partial charge >= 0.3 is 0 Å². The van der Waals surface area contributed by atoms with E-state index < -0.39 is 5.82 Å². The maximum Gasteiger partial charge on any atom is 0.237 e. The smallest absolute Gasteiger partial charge is 0.237 e. The second kappa shape index (κ2) is 7.62. The molecule has 0 unspecified atom stereocenters. The van der Waals surface area contributed by atoms with Crippen molar-refractivity contribution in [3.05, 3.63) is 34.6 Å². The number of carbonyl (C=O) groups excluding carboxylic acids is 1. The molecule has 0 radical (unpaired) electrons. The van der Waals surface area contributed by atoms with Gasteiger partial charge in [0.2, 0.25) is 5.91 Å². The third-order valence-electron chi connectivity index (χ3n) is 4.66. The van der Waals surface area contributed by atoms with Gasteiger partial charge in [-0.1, -0.05) is 36.6 Å². The van der Waals surface area contributed by atoms with Crippen molar-refractivity contribution in [2.45, 2.75) is 50.7 Å². The molecule has 0 spiro atoms. The standard InChI is InChI=1S/C16H20ClFN2O.ClH/c17-12-6-3-5-11(15(12)18)9-19-16(21)14-8-10-4-1-2-7-13(10)20-14;/h3,5-6,10,13-14,20H,1-2,4,7-9H2,(H,19,21);1H/t10-,13-,14-;/m0./s1. The number of hydrogen-bond donors (Lipinski definition) is 2. The summed E-state index contributed by atoms with van der Waals surface area (Å²) in [6.45, 7) is 0.179. The molecule has 1 aliphatic carbocycles. The first-order valence-corrected chi connectivity index (χ1v) is 7.99. The number of halogens is 3. The zero-order chi connectivity index (χ0) is 14.8. The van der Waals surface area contributed by atoms with Crippen LogP contribution in [0.4, 0.5) is 4.39 Å². The van der Waals surface area contributed by atoms with Crippen LogP contribution in [0.25, 0.3) is 0 Å². The number of fused-ring (bicyclic) bond motifs is 1. The topological polar surface area (TPSA) is 41.1 Å². The first-order valence-electron chi connectivity index (χ1n) is 7.62. The molecule has 1 heterocycles. The summed E-state index contributed by atoms with van der Waals surface area (Å²) in [6, 6.07) is 5.18. The van der Waals surface area contributed by atoms with E-state index in [9.17, 15) is 9.18 Å². The largest absolute Gasteiger partial charge is 0.351 e. The van der Waals surface area contributed by atoms with Crippen LogP contribution in [0.5, 0.6) is 0 Å². The molecule has 0 aromatic heterocycles. The highest BCUT2D eigenvalue weighted by atomic mass is 35.5.